The van der Waals surface area contributed by atoms with Crippen LogP contribution in [0.3, 0.4) is 0 Å². The van der Waals surface area contributed by atoms with E-state index in [9.17, 15) is 24.5 Å². The summed E-state index contributed by atoms with van der Waals surface area (Å²) < 4.78 is 7.16. The van der Waals surface area contributed by atoms with Gasteiger partial charge in [0.2, 0.25) is 0 Å². The number of hydrogen-bond donors (Lipinski definition) is 0. The van der Waals surface area contributed by atoms with Gasteiger partial charge in [-0.1, -0.05) is 18.2 Å². The van der Waals surface area contributed by atoms with Crippen molar-refractivity contribution in [2.75, 3.05) is 19.1 Å². The number of urea groups is 1. The Morgan fingerprint density at radius 3 is 2.29 bits per heavy atom. The van der Waals surface area contributed by atoms with E-state index in [1.807, 2.05) is 0 Å². The third kappa shape index (κ3) is 3.95. The number of ether oxygens (including phenoxy) is 1. The lowest BCUT2D eigenvalue weighted by atomic mass is 10.1. The van der Waals surface area contributed by atoms with Crippen LogP contribution in [0.1, 0.15) is 17.0 Å². The van der Waals surface area contributed by atoms with Gasteiger partial charge < -0.3 is 9.30 Å². The van der Waals surface area contributed by atoms with Crippen LogP contribution in [0.4, 0.5) is 16.2 Å². The molecule has 1 fully saturated rings. The molecule has 4 rings (SSSR count). The minimum absolute atomic E-state index is 0.107. The Morgan fingerprint density at radius 1 is 0.971 bits per heavy atom. The molecular weight excluding hydrogens is 452 g/mol. The number of rotatable bonds is 5. The minimum atomic E-state index is -0.741. The van der Waals surface area contributed by atoms with Gasteiger partial charge in [-0.2, -0.15) is 0 Å². The quantitative estimate of drug-likeness (QED) is 0.239. The van der Waals surface area contributed by atoms with Crippen LogP contribution in [0, 0.1) is 24.0 Å². The number of barbiturate groups is 1. The average Bonchev–Trinajstić information content (AvgIpc) is 3.13. The lowest BCUT2D eigenvalue weighted by Crippen LogP contribution is -2.55. The maximum absolute atomic E-state index is 13.3. The largest absolute Gasteiger partial charge is 0.495 e. The van der Waals surface area contributed by atoms with Gasteiger partial charge in [-0.05, 0) is 49.8 Å². The predicted octanol–water partition coefficient (Wildman–Crippen LogP) is 4.02. The molecule has 178 valence electrons. The van der Waals surface area contributed by atoms with Gasteiger partial charge in [-0.3, -0.25) is 24.6 Å². The first-order valence-corrected chi connectivity index (χ1v) is 10.6. The lowest BCUT2D eigenvalue weighted by Gasteiger charge is -2.31. The molecular formula is C25H22N4O6. The molecule has 10 nitrogen and oxygen atoms in total. The Hall–Kier alpha value is -4.73. The normalized spacial score (nSPS) is 15.2. The molecule has 0 atom stereocenters. The van der Waals surface area contributed by atoms with Crippen LogP contribution in [-0.2, 0) is 9.59 Å². The van der Waals surface area contributed by atoms with Crippen molar-refractivity contribution in [3.05, 3.63) is 87.2 Å². The molecule has 1 aromatic heterocycles. The maximum Gasteiger partial charge on any atom is 0.338 e. The second-order valence-corrected chi connectivity index (χ2v) is 7.96. The number of nitro benzene ring substituents is 1. The highest BCUT2D eigenvalue weighted by molar-refractivity contribution is 6.39. The smallest absolute Gasteiger partial charge is 0.338 e. The monoisotopic (exact) mass is 474 g/mol. The third-order valence-corrected chi connectivity index (χ3v) is 5.85. The fraction of sp³-hybridized carbons (Fsp3) is 0.160. The number of hydrogen-bond acceptors (Lipinski definition) is 6. The van der Waals surface area contributed by atoms with E-state index in [2.05, 4.69) is 0 Å². The average molecular weight is 474 g/mol. The van der Waals surface area contributed by atoms with E-state index in [0.717, 1.165) is 9.80 Å². The highest BCUT2D eigenvalue weighted by atomic mass is 16.6. The minimum Gasteiger partial charge on any atom is -0.495 e. The second-order valence-electron chi connectivity index (χ2n) is 7.96. The van der Waals surface area contributed by atoms with Gasteiger partial charge in [0.05, 0.1) is 23.4 Å². The number of carbonyl (C=O) groups excluding carboxylic acids is 3. The molecule has 0 saturated carbocycles. The third-order valence-electron chi connectivity index (χ3n) is 5.85. The Kier molecular flexibility index (Phi) is 5.96. The number of aryl methyl sites for hydroxylation is 1. The Bertz CT molecular complexity index is 1410. The summed E-state index contributed by atoms with van der Waals surface area (Å²) in [5.74, 6) is -1.03. The van der Waals surface area contributed by atoms with Crippen LogP contribution in [0.15, 0.2) is 60.2 Å². The molecule has 1 aliphatic heterocycles. The number of likely N-dealkylation sites (N-methyl/N-ethyl adjacent to an activating group) is 1. The number of anilines is 1. The number of nitro groups is 1. The standard InChI is InChI=1S/C25H22N4O6/c1-15-12-17(16(2)27(15)21-14-19(29(33)34)10-11-22(21)35-4)13-20-23(30)26(3)25(32)28(24(20)31)18-8-6-5-7-9-18/h5-14H,1-4H3/b20-13+. The van der Waals surface area contributed by atoms with Crippen LogP contribution in [0.25, 0.3) is 11.8 Å². The van der Waals surface area contributed by atoms with Gasteiger partial charge in [-0.15, -0.1) is 0 Å². The van der Waals surface area contributed by atoms with Crippen molar-refractivity contribution in [3.8, 4) is 11.4 Å². The number of methoxy groups -OCH3 is 1. The molecule has 4 amide bonds. The van der Waals surface area contributed by atoms with Crippen molar-refractivity contribution in [2.24, 2.45) is 0 Å². The highest BCUT2D eigenvalue weighted by Gasteiger charge is 2.41. The number of nitrogens with zero attached hydrogens (tertiary/aromatic N) is 4. The molecule has 1 saturated heterocycles. The fourth-order valence-electron chi connectivity index (χ4n) is 4.07. The molecule has 35 heavy (non-hydrogen) atoms. The Morgan fingerprint density at radius 2 is 1.66 bits per heavy atom. The SMILES string of the molecule is COc1ccc([N+](=O)[O-])cc1-n1c(C)cc(/C=C2\C(=O)N(C)C(=O)N(c3ccccc3)C2=O)c1C. The molecule has 10 heteroatoms. The second kappa shape index (κ2) is 8.90. The molecule has 0 N–H and O–H groups in total. The van der Waals surface area contributed by atoms with Gasteiger partial charge in [-0.25, -0.2) is 9.69 Å². The lowest BCUT2D eigenvalue weighted by molar-refractivity contribution is -0.384. The summed E-state index contributed by atoms with van der Waals surface area (Å²) in [6, 6.07) is 13.6. The van der Waals surface area contributed by atoms with Crippen molar-refractivity contribution in [1.82, 2.24) is 9.47 Å². The zero-order valence-corrected chi connectivity index (χ0v) is 19.5. The number of imide groups is 2. The summed E-state index contributed by atoms with van der Waals surface area (Å²) >= 11 is 0. The number of aromatic nitrogens is 1. The van der Waals surface area contributed by atoms with Crippen LogP contribution in [-0.4, -0.2) is 46.4 Å². The Labute approximate surface area is 200 Å². The number of para-hydroxylation sites is 1. The van der Waals surface area contributed by atoms with E-state index < -0.39 is 22.8 Å². The molecule has 2 heterocycles. The van der Waals surface area contributed by atoms with Gasteiger partial charge in [0.15, 0.2) is 0 Å². The van der Waals surface area contributed by atoms with Crippen molar-refractivity contribution in [3.63, 3.8) is 0 Å². The van der Waals surface area contributed by atoms with E-state index in [1.54, 1.807) is 54.8 Å². The van der Waals surface area contributed by atoms with E-state index in [4.69, 9.17) is 4.74 Å². The van der Waals surface area contributed by atoms with Crippen molar-refractivity contribution in [1.29, 1.82) is 0 Å². The molecule has 0 aliphatic carbocycles. The van der Waals surface area contributed by atoms with Crippen LogP contribution in [0.2, 0.25) is 0 Å². The first kappa shape index (κ1) is 23.4. The predicted molar refractivity (Wildman–Crippen MR) is 129 cm³/mol. The molecule has 2 aromatic carbocycles. The molecule has 0 spiro atoms. The van der Waals surface area contributed by atoms with Crippen molar-refractivity contribution in [2.45, 2.75) is 13.8 Å². The van der Waals surface area contributed by atoms with E-state index >= 15 is 0 Å². The first-order chi connectivity index (χ1) is 16.6. The van der Waals surface area contributed by atoms with E-state index in [1.165, 1.54) is 38.4 Å². The first-order valence-electron chi connectivity index (χ1n) is 10.6. The van der Waals surface area contributed by atoms with Gasteiger partial charge in [0.1, 0.15) is 11.3 Å². The van der Waals surface area contributed by atoms with Crippen LogP contribution in [0.5, 0.6) is 5.75 Å². The zero-order chi connectivity index (χ0) is 25.4. The summed E-state index contributed by atoms with van der Waals surface area (Å²) in [6.07, 6.45) is 1.44. The maximum atomic E-state index is 13.3. The topological polar surface area (TPSA) is 115 Å². The summed E-state index contributed by atoms with van der Waals surface area (Å²) in [6.45, 7) is 3.56. The highest BCUT2D eigenvalue weighted by Crippen LogP contribution is 2.33. The van der Waals surface area contributed by atoms with Gasteiger partial charge in [0, 0.05) is 30.6 Å². The molecule has 0 bridgehead atoms. The summed E-state index contributed by atoms with van der Waals surface area (Å²) in [7, 11) is 2.78. The summed E-state index contributed by atoms with van der Waals surface area (Å²) in [4.78, 5) is 51.6. The van der Waals surface area contributed by atoms with Crippen LogP contribution < -0.4 is 9.64 Å². The van der Waals surface area contributed by atoms with E-state index in [0.29, 0.717) is 34.1 Å². The van der Waals surface area contributed by atoms with Gasteiger partial charge in [0.25, 0.3) is 17.5 Å². The van der Waals surface area contributed by atoms with Crippen LogP contribution >= 0.6 is 0 Å². The number of amides is 4. The van der Waals surface area contributed by atoms with Gasteiger partial charge >= 0.3 is 6.03 Å². The summed E-state index contributed by atoms with van der Waals surface area (Å²) in [5, 5.41) is 11.3. The number of non-ortho nitro benzene ring substituents is 1. The molecule has 0 unspecified atom stereocenters. The molecule has 1 aliphatic rings. The molecule has 0 radical (unpaired) electrons. The summed E-state index contributed by atoms with van der Waals surface area (Å²) in [5.41, 5.74) is 2.38. The molecule has 3 aromatic rings. The fourth-order valence-corrected chi connectivity index (χ4v) is 4.07. The van der Waals surface area contributed by atoms with E-state index in [-0.39, 0.29) is 11.3 Å². The number of benzene rings is 2. The number of carbonyl (C=O) groups is 3. The Balaban J connectivity index is 1.84. The zero-order valence-electron chi connectivity index (χ0n) is 19.5. The van der Waals surface area contributed by atoms with Crippen molar-refractivity contribution < 1.29 is 24.0 Å². The van der Waals surface area contributed by atoms with Crippen molar-refractivity contribution >= 4 is 35.3 Å².